The highest BCUT2D eigenvalue weighted by molar-refractivity contribution is 5.94. The largest absolute Gasteiger partial charge is 0.298 e. The van der Waals surface area contributed by atoms with Gasteiger partial charge in [-0.3, -0.25) is 9.59 Å². The fourth-order valence-electron chi connectivity index (χ4n) is 3.99. The molecule has 5 rings (SSSR count). The maximum absolute atomic E-state index is 11.6. The van der Waals surface area contributed by atoms with Crippen molar-refractivity contribution < 1.29 is 9.59 Å². The van der Waals surface area contributed by atoms with Crippen LogP contribution in [0.25, 0.3) is 0 Å². The summed E-state index contributed by atoms with van der Waals surface area (Å²) in [5, 5.41) is 0. The molecule has 0 saturated heterocycles. The van der Waals surface area contributed by atoms with E-state index in [9.17, 15) is 9.59 Å². The fourth-order valence-corrected chi connectivity index (χ4v) is 3.99. The van der Waals surface area contributed by atoms with Gasteiger partial charge in [0, 0.05) is 23.0 Å². The molecule has 2 nitrogen and oxygen atoms in total. The van der Waals surface area contributed by atoms with Gasteiger partial charge in [-0.2, -0.15) is 0 Å². The van der Waals surface area contributed by atoms with Crippen molar-refractivity contribution in [2.24, 2.45) is 0 Å². The van der Waals surface area contributed by atoms with Crippen LogP contribution in [-0.2, 0) is 0 Å². The summed E-state index contributed by atoms with van der Waals surface area (Å²) >= 11 is 0. The van der Waals surface area contributed by atoms with Gasteiger partial charge in [-0.25, -0.2) is 0 Å². The van der Waals surface area contributed by atoms with Gasteiger partial charge < -0.3 is 0 Å². The van der Waals surface area contributed by atoms with Crippen LogP contribution in [0.1, 0.15) is 74.6 Å². The smallest absolute Gasteiger partial charge is 0.159 e. The molecule has 0 radical (unpaired) electrons. The summed E-state index contributed by atoms with van der Waals surface area (Å²) in [6, 6.07) is 12.2. The molecule has 0 heterocycles. The molecule has 2 aromatic carbocycles. The van der Waals surface area contributed by atoms with E-state index in [-0.39, 0.29) is 5.78 Å². The van der Waals surface area contributed by atoms with Gasteiger partial charge in [-0.05, 0) is 54.2 Å². The minimum absolute atomic E-state index is 0.121. The number of ketones is 1. The van der Waals surface area contributed by atoms with Crippen molar-refractivity contribution in [3.05, 3.63) is 69.8 Å². The van der Waals surface area contributed by atoms with Gasteiger partial charge in [0.2, 0.25) is 0 Å². The monoisotopic (exact) mass is 276 g/mol. The Kier molecular flexibility index (Phi) is 2.61. The Balaban J connectivity index is 1.92. The predicted molar refractivity (Wildman–Crippen MR) is 81.2 cm³/mol. The number of rotatable bonds is 2. The lowest BCUT2D eigenvalue weighted by Crippen LogP contribution is -2.25. The minimum atomic E-state index is 0.121. The van der Waals surface area contributed by atoms with Crippen LogP contribution in [-0.4, -0.2) is 12.1 Å². The van der Waals surface area contributed by atoms with Crippen LogP contribution in [0.2, 0.25) is 0 Å². The van der Waals surface area contributed by atoms with E-state index in [1.807, 2.05) is 18.2 Å². The normalized spacial score (nSPS) is 21.6. The van der Waals surface area contributed by atoms with E-state index >= 15 is 0 Å². The summed E-state index contributed by atoms with van der Waals surface area (Å²) < 4.78 is 0. The van der Waals surface area contributed by atoms with Gasteiger partial charge in [0.15, 0.2) is 5.78 Å². The van der Waals surface area contributed by atoms with Crippen LogP contribution in [0, 0.1) is 0 Å². The Morgan fingerprint density at radius 2 is 1.57 bits per heavy atom. The Morgan fingerprint density at radius 3 is 2.19 bits per heavy atom. The lowest BCUT2D eigenvalue weighted by Gasteiger charge is -2.40. The second-order valence-electron chi connectivity index (χ2n) is 6.09. The minimum Gasteiger partial charge on any atom is -0.298 e. The molecule has 0 aromatic heterocycles. The first kappa shape index (κ1) is 12.5. The van der Waals surface area contributed by atoms with Crippen LogP contribution in [0.15, 0.2) is 36.4 Å². The molecule has 0 N–H and O–H groups in total. The topological polar surface area (TPSA) is 34.1 Å². The third kappa shape index (κ3) is 1.72. The molecule has 0 amide bonds. The van der Waals surface area contributed by atoms with E-state index in [0.29, 0.717) is 11.8 Å². The van der Waals surface area contributed by atoms with Crippen molar-refractivity contribution in [1.29, 1.82) is 0 Å². The zero-order valence-electron chi connectivity index (χ0n) is 11.9. The van der Waals surface area contributed by atoms with Crippen LogP contribution in [0.5, 0.6) is 0 Å². The van der Waals surface area contributed by atoms with Crippen LogP contribution in [0.3, 0.4) is 0 Å². The molecule has 3 aliphatic carbocycles. The van der Waals surface area contributed by atoms with Crippen molar-refractivity contribution in [1.82, 2.24) is 0 Å². The molecule has 2 atom stereocenters. The number of carbonyl (C=O) groups excluding carboxylic acids is 2. The summed E-state index contributed by atoms with van der Waals surface area (Å²) in [6.45, 7) is 1.62. The molecule has 2 unspecified atom stereocenters. The van der Waals surface area contributed by atoms with E-state index in [2.05, 4.69) is 18.2 Å². The quantitative estimate of drug-likeness (QED) is 0.612. The first-order valence-corrected chi connectivity index (χ1v) is 7.43. The maximum Gasteiger partial charge on any atom is 0.159 e. The summed E-state index contributed by atoms with van der Waals surface area (Å²) in [6.07, 6.45) is 3.18. The molecule has 0 aliphatic heterocycles. The van der Waals surface area contributed by atoms with E-state index in [4.69, 9.17) is 0 Å². The van der Waals surface area contributed by atoms with Crippen LogP contribution >= 0.6 is 0 Å². The second-order valence-corrected chi connectivity index (χ2v) is 6.09. The SMILES string of the molecule is CC(=O)c1ccc2c(c1)C1CCC2c2cc(C=O)ccc21. The number of hydrogen-bond acceptors (Lipinski definition) is 2. The number of Topliss-reactive ketones (excluding diaryl/α,β-unsaturated/α-hetero) is 1. The van der Waals surface area contributed by atoms with Crippen LogP contribution < -0.4 is 0 Å². The second kappa shape index (κ2) is 4.39. The molecule has 2 bridgehead atoms. The Morgan fingerprint density at radius 1 is 0.952 bits per heavy atom. The van der Waals surface area contributed by atoms with Gasteiger partial charge in [-0.15, -0.1) is 0 Å². The summed E-state index contributed by atoms with van der Waals surface area (Å²) in [4.78, 5) is 22.7. The molecule has 0 saturated carbocycles. The third-order valence-corrected chi connectivity index (χ3v) is 4.99. The van der Waals surface area contributed by atoms with Gasteiger partial charge in [0.25, 0.3) is 0 Å². The zero-order chi connectivity index (χ0) is 14.6. The summed E-state index contributed by atoms with van der Waals surface area (Å²) in [7, 11) is 0. The number of fused-ring (bicyclic) bond motifs is 1. The highest BCUT2D eigenvalue weighted by Gasteiger charge is 2.37. The number of aldehydes is 1. The molecule has 2 heteroatoms. The van der Waals surface area contributed by atoms with E-state index in [1.165, 1.54) is 22.3 Å². The molecule has 2 aromatic rings. The van der Waals surface area contributed by atoms with E-state index < -0.39 is 0 Å². The number of benzene rings is 2. The summed E-state index contributed by atoms with van der Waals surface area (Å²) in [5.41, 5.74) is 6.84. The van der Waals surface area contributed by atoms with E-state index in [0.717, 1.165) is 30.3 Å². The predicted octanol–water partition coefficient (Wildman–Crippen LogP) is 4.07. The Bertz CT molecular complexity index is 773. The zero-order valence-corrected chi connectivity index (χ0v) is 11.9. The highest BCUT2D eigenvalue weighted by atomic mass is 16.1. The van der Waals surface area contributed by atoms with Crippen molar-refractivity contribution in [2.75, 3.05) is 0 Å². The molecular formula is C19H16O2. The fraction of sp³-hybridized carbons (Fsp3) is 0.263. The van der Waals surface area contributed by atoms with Crippen LogP contribution in [0.4, 0.5) is 0 Å². The van der Waals surface area contributed by atoms with Gasteiger partial charge in [0.1, 0.15) is 6.29 Å². The van der Waals surface area contributed by atoms with Gasteiger partial charge in [0.05, 0.1) is 0 Å². The molecule has 3 aliphatic rings. The maximum atomic E-state index is 11.6. The molecular weight excluding hydrogens is 260 g/mol. The Hall–Kier alpha value is -2.22. The molecule has 21 heavy (non-hydrogen) atoms. The van der Waals surface area contributed by atoms with Crippen molar-refractivity contribution in [3.63, 3.8) is 0 Å². The average Bonchev–Trinajstić information content (AvgIpc) is 2.54. The van der Waals surface area contributed by atoms with Gasteiger partial charge >= 0.3 is 0 Å². The number of hydrogen-bond donors (Lipinski definition) is 0. The first-order chi connectivity index (χ1) is 10.2. The molecule has 0 spiro atoms. The number of carbonyl (C=O) groups is 2. The third-order valence-electron chi connectivity index (χ3n) is 4.99. The first-order valence-electron chi connectivity index (χ1n) is 7.43. The lowest BCUT2D eigenvalue weighted by atomic mass is 9.63. The van der Waals surface area contributed by atoms with Crippen molar-refractivity contribution in [2.45, 2.75) is 31.6 Å². The molecule has 104 valence electrons. The van der Waals surface area contributed by atoms with Crippen molar-refractivity contribution >= 4 is 12.1 Å². The van der Waals surface area contributed by atoms with Crippen molar-refractivity contribution in [3.8, 4) is 0 Å². The average molecular weight is 276 g/mol. The van der Waals surface area contributed by atoms with Gasteiger partial charge in [-0.1, -0.05) is 24.3 Å². The summed E-state index contributed by atoms with van der Waals surface area (Å²) in [5.74, 6) is 0.872. The molecule has 0 fully saturated rings. The highest BCUT2D eigenvalue weighted by Crippen LogP contribution is 2.52. The van der Waals surface area contributed by atoms with E-state index in [1.54, 1.807) is 6.92 Å². The lowest BCUT2D eigenvalue weighted by molar-refractivity contribution is 0.101. The standard InChI is InChI=1S/C19H16O2/c1-11(21)13-3-5-15-16-6-7-17(19(15)9-13)14-4-2-12(10-20)8-18(14)16/h2-5,8-10,16-17H,6-7H2,1H3. The Labute approximate surface area is 123 Å².